The van der Waals surface area contributed by atoms with E-state index in [9.17, 15) is 4.79 Å². The van der Waals surface area contributed by atoms with Crippen LogP contribution in [-0.2, 0) is 0 Å². The standard InChI is InChI=1S/C13H17N5OS/c1-9(2)17(5-3-12(14)20)13(19)10-7-16-18-6-4-15-8-11(10)18/h4,6-9H,3,5H2,1-2H3,(H2,14,20). The molecule has 2 heterocycles. The zero-order valence-corrected chi connectivity index (χ0v) is 12.3. The summed E-state index contributed by atoms with van der Waals surface area (Å²) in [7, 11) is 0. The van der Waals surface area contributed by atoms with Gasteiger partial charge in [0.1, 0.15) is 0 Å². The predicted molar refractivity (Wildman–Crippen MR) is 80.6 cm³/mol. The van der Waals surface area contributed by atoms with Crippen molar-refractivity contribution in [3.8, 4) is 0 Å². The van der Waals surface area contributed by atoms with E-state index in [-0.39, 0.29) is 11.9 Å². The summed E-state index contributed by atoms with van der Waals surface area (Å²) in [4.78, 5) is 18.8. The van der Waals surface area contributed by atoms with Gasteiger partial charge in [-0.3, -0.25) is 9.78 Å². The lowest BCUT2D eigenvalue weighted by molar-refractivity contribution is 0.0713. The molecule has 0 aliphatic carbocycles. The first-order valence-electron chi connectivity index (χ1n) is 6.37. The smallest absolute Gasteiger partial charge is 0.257 e. The van der Waals surface area contributed by atoms with Crippen LogP contribution in [0.3, 0.4) is 0 Å². The summed E-state index contributed by atoms with van der Waals surface area (Å²) >= 11 is 4.88. The highest BCUT2D eigenvalue weighted by atomic mass is 32.1. The van der Waals surface area contributed by atoms with Crippen molar-refractivity contribution in [1.82, 2.24) is 19.5 Å². The number of nitrogens with two attached hydrogens (primary N) is 1. The molecule has 6 nitrogen and oxygen atoms in total. The van der Waals surface area contributed by atoms with Gasteiger partial charge in [-0.1, -0.05) is 12.2 Å². The summed E-state index contributed by atoms with van der Waals surface area (Å²) in [6, 6.07) is 0.0588. The fourth-order valence-corrected chi connectivity index (χ4v) is 2.07. The largest absolute Gasteiger partial charge is 0.393 e. The van der Waals surface area contributed by atoms with E-state index in [2.05, 4.69) is 10.1 Å². The quantitative estimate of drug-likeness (QED) is 0.839. The summed E-state index contributed by atoms with van der Waals surface area (Å²) in [5, 5.41) is 4.16. The van der Waals surface area contributed by atoms with Crippen molar-refractivity contribution in [2.24, 2.45) is 5.73 Å². The number of amides is 1. The Morgan fingerprint density at radius 3 is 2.90 bits per heavy atom. The number of aromatic nitrogens is 3. The van der Waals surface area contributed by atoms with Gasteiger partial charge in [0.25, 0.3) is 5.91 Å². The molecular weight excluding hydrogens is 274 g/mol. The van der Waals surface area contributed by atoms with Gasteiger partial charge in [-0.25, -0.2) is 4.52 Å². The minimum atomic E-state index is -0.0840. The average Bonchev–Trinajstić information content (AvgIpc) is 2.81. The van der Waals surface area contributed by atoms with Crippen LogP contribution in [0.2, 0.25) is 0 Å². The Balaban J connectivity index is 2.29. The third-order valence-corrected chi connectivity index (χ3v) is 3.24. The molecule has 106 valence electrons. The van der Waals surface area contributed by atoms with Crippen LogP contribution in [0, 0.1) is 0 Å². The van der Waals surface area contributed by atoms with Crippen LogP contribution < -0.4 is 5.73 Å². The van der Waals surface area contributed by atoms with Gasteiger partial charge in [0.15, 0.2) is 0 Å². The fourth-order valence-electron chi connectivity index (χ4n) is 1.98. The highest BCUT2D eigenvalue weighted by Crippen LogP contribution is 2.14. The molecule has 0 unspecified atom stereocenters. The highest BCUT2D eigenvalue weighted by molar-refractivity contribution is 7.80. The van der Waals surface area contributed by atoms with Crippen LogP contribution in [-0.4, -0.2) is 43.0 Å². The lowest BCUT2D eigenvalue weighted by atomic mass is 10.2. The van der Waals surface area contributed by atoms with Crippen molar-refractivity contribution in [2.75, 3.05) is 6.54 Å². The maximum atomic E-state index is 12.6. The first kappa shape index (κ1) is 14.4. The SMILES string of the molecule is CC(C)N(CCC(N)=S)C(=O)c1cnn2ccncc12. The van der Waals surface area contributed by atoms with E-state index < -0.39 is 0 Å². The van der Waals surface area contributed by atoms with Crippen LogP contribution in [0.1, 0.15) is 30.6 Å². The Morgan fingerprint density at radius 2 is 2.25 bits per heavy atom. The van der Waals surface area contributed by atoms with E-state index in [1.165, 1.54) is 0 Å². The molecule has 20 heavy (non-hydrogen) atoms. The van der Waals surface area contributed by atoms with Gasteiger partial charge in [-0.05, 0) is 13.8 Å². The second kappa shape index (κ2) is 5.96. The van der Waals surface area contributed by atoms with E-state index in [1.54, 1.807) is 34.2 Å². The maximum Gasteiger partial charge on any atom is 0.257 e. The zero-order valence-electron chi connectivity index (χ0n) is 11.5. The molecular formula is C13H17N5OS. The van der Waals surface area contributed by atoms with Crippen molar-refractivity contribution in [2.45, 2.75) is 26.3 Å². The molecule has 0 saturated carbocycles. The third kappa shape index (κ3) is 2.93. The molecule has 1 amide bonds. The first-order valence-corrected chi connectivity index (χ1v) is 6.78. The summed E-state index contributed by atoms with van der Waals surface area (Å²) < 4.78 is 1.63. The molecule has 0 atom stereocenters. The summed E-state index contributed by atoms with van der Waals surface area (Å²) in [6.07, 6.45) is 7.04. The molecule has 0 saturated heterocycles. The van der Waals surface area contributed by atoms with Gasteiger partial charge in [-0.15, -0.1) is 0 Å². The lowest BCUT2D eigenvalue weighted by Gasteiger charge is -2.26. The number of rotatable bonds is 5. The van der Waals surface area contributed by atoms with Crippen LogP contribution in [0.25, 0.3) is 5.52 Å². The summed E-state index contributed by atoms with van der Waals surface area (Å²) in [5.41, 5.74) is 6.75. The van der Waals surface area contributed by atoms with Crippen molar-refractivity contribution in [3.63, 3.8) is 0 Å². The Labute approximate surface area is 122 Å². The van der Waals surface area contributed by atoms with Gasteiger partial charge >= 0.3 is 0 Å². The number of carbonyl (C=O) groups is 1. The highest BCUT2D eigenvalue weighted by Gasteiger charge is 2.22. The average molecular weight is 291 g/mol. The van der Waals surface area contributed by atoms with Gasteiger partial charge in [0, 0.05) is 31.4 Å². The molecule has 7 heteroatoms. The van der Waals surface area contributed by atoms with E-state index in [0.717, 1.165) is 0 Å². The van der Waals surface area contributed by atoms with E-state index in [4.69, 9.17) is 18.0 Å². The summed E-state index contributed by atoms with van der Waals surface area (Å²) in [5.74, 6) is -0.0840. The molecule has 0 spiro atoms. The topological polar surface area (TPSA) is 76.5 Å². The minimum Gasteiger partial charge on any atom is -0.393 e. The van der Waals surface area contributed by atoms with Crippen molar-refractivity contribution in [1.29, 1.82) is 0 Å². The zero-order chi connectivity index (χ0) is 14.7. The Kier molecular flexibility index (Phi) is 4.29. The molecule has 0 fully saturated rings. The second-order valence-corrected chi connectivity index (χ2v) is 5.30. The number of hydrogen-bond donors (Lipinski definition) is 1. The molecule has 2 rings (SSSR count). The van der Waals surface area contributed by atoms with E-state index in [0.29, 0.717) is 29.0 Å². The van der Waals surface area contributed by atoms with Crippen LogP contribution in [0.4, 0.5) is 0 Å². The van der Waals surface area contributed by atoms with Crippen LogP contribution >= 0.6 is 12.2 Å². The Morgan fingerprint density at radius 1 is 1.50 bits per heavy atom. The molecule has 0 aliphatic heterocycles. The van der Waals surface area contributed by atoms with Gasteiger partial charge in [0.05, 0.1) is 28.5 Å². The lowest BCUT2D eigenvalue weighted by Crippen LogP contribution is -2.38. The molecule has 0 bridgehead atoms. The number of carbonyl (C=O) groups excluding carboxylic acids is 1. The monoisotopic (exact) mass is 291 g/mol. The normalized spacial score (nSPS) is 10.9. The van der Waals surface area contributed by atoms with Crippen molar-refractivity contribution >= 4 is 28.6 Å². The number of hydrogen-bond acceptors (Lipinski definition) is 4. The molecule has 2 aromatic rings. The number of fused-ring (bicyclic) bond motifs is 1. The van der Waals surface area contributed by atoms with E-state index in [1.807, 2.05) is 13.8 Å². The fraction of sp³-hybridized carbons (Fsp3) is 0.385. The predicted octanol–water partition coefficient (Wildman–Crippen LogP) is 1.26. The van der Waals surface area contributed by atoms with E-state index >= 15 is 0 Å². The van der Waals surface area contributed by atoms with Gasteiger partial charge < -0.3 is 10.6 Å². The molecule has 0 aliphatic rings. The summed E-state index contributed by atoms with van der Waals surface area (Å²) in [6.45, 7) is 4.42. The molecule has 0 radical (unpaired) electrons. The Bertz CT molecular complexity index is 636. The Hall–Kier alpha value is -2.02. The van der Waals surface area contributed by atoms with Crippen LogP contribution in [0.5, 0.6) is 0 Å². The van der Waals surface area contributed by atoms with Gasteiger partial charge in [-0.2, -0.15) is 5.10 Å². The minimum absolute atomic E-state index is 0.0588. The number of nitrogens with zero attached hydrogens (tertiary/aromatic N) is 4. The second-order valence-electron chi connectivity index (χ2n) is 4.77. The van der Waals surface area contributed by atoms with Crippen LogP contribution in [0.15, 0.2) is 24.8 Å². The molecule has 0 aromatic carbocycles. The number of thiocarbonyl (C=S) groups is 1. The van der Waals surface area contributed by atoms with Gasteiger partial charge in [0.2, 0.25) is 0 Å². The molecule has 2 N–H and O–H groups in total. The van der Waals surface area contributed by atoms with Crippen molar-refractivity contribution in [3.05, 3.63) is 30.4 Å². The maximum absolute atomic E-state index is 12.6. The third-order valence-electron chi connectivity index (χ3n) is 3.04. The first-order chi connectivity index (χ1) is 9.50. The van der Waals surface area contributed by atoms with Crippen molar-refractivity contribution < 1.29 is 4.79 Å². The molecule has 2 aromatic heterocycles.